The number of fused-ring (bicyclic) bond motifs is 5. The summed E-state index contributed by atoms with van der Waals surface area (Å²) in [7, 11) is 0. The van der Waals surface area contributed by atoms with Crippen molar-refractivity contribution in [2.24, 2.45) is 0 Å². The van der Waals surface area contributed by atoms with E-state index in [0.29, 0.717) is 17.1 Å². The predicted molar refractivity (Wildman–Crippen MR) is 201 cm³/mol. The van der Waals surface area contributed by atoms with Gasteiger partial charge in [0, 0.05) is 74.2 Å². The quantitative estimate of drug-likeness (QED) is 0.114. The van der Waals surface area contributed by atoms with Crippen molar-refractivity contribution in [2.45, 2.75) is 77.0 Å². The van der Waals surface area contributed by atoms with Crippen LogP contribution in [0.15, 0.2) is 60.7 Å². The number of carbonyl (C=O) groups excluding carboxylic acids is 1. The van der Waals surface area contributed by atoms with E-state index in [4.69, 9.17) is 33.2 Å². The zero-order valence-electron chi connectivity index (χ0n) is 27.4. The fraction of sp³-hybridized carbons (Fsp3) is 0.375. The first-order chi connectivity index (χ1) is 23.5. The van der Waals surface area contributed by atoms with Crippen molar-refractivity contribution in [3.05, 3.63) is 93.1 Å². The maximum absolute atomic E-state index is 13.1. The Kier molecular flexibility index (Phi) is 10.3. The van der Waals surface area contributed by atoms with Crippen LogP contribution in [-0.4, -0.2) is 35.5 Å². The van der Waals surface area contributed by atoms with Gasteiger partial charge in [-0.25, -0.2) is 4.98 Å². The minimum Gasteiger partial charge on any atom is -0.384 e. The molecule has 0 fully saturated rings. The van der Waals surface area contributed by atoms with Gasteiger partial charge in [0.15, 0.2) is 0 Å². The van der Waals surface area contributed by atoms with Crippen molar-refractivity contribution >= 4 is 62.3 Å². The first-order valence-corrected chi connectivity index (χ1v) is 18.4. The van der Waals surface area contributed by atoms with Crippen LogP contribution in [-0.2, 0) is 19.3 Å². The van der Waals surface area contributed by atoms with E-state index in [1.807, 2.05) is 54.6 Å². The van der Waals surface area contributed by atoms with Crippen molar-refractivity contribution in [1.82, 2.24) is 15.3 Å². The molecule has 7 rings (SSSR count). The number of rotatable bonds is 12. The number of carbonyl (C=O) groups is 1. The lowest BCUT2D eigenvalue weighted by atomic mass is 9.92. The Labute approximate surface area is 293 Å². The minimum atomic E-state index is -0.0255. The van der Waals surface area contributed by atoms with Gasteiger partial charge in [0.1, 0.15) is 0 Å². The highest BCUT2D eigenvalue weighted by Crippen LogP contribution is 2.38. The molecule has 0 saturated heterocycles. The number of nitrogens with zero attached hydrogens (tertiary/aromatic N) is 2. The van der Waals surface area contributed by atoms with Crippen molar-refractivity contribution < 1.29 is 4.79 Å². The monoisotopic (exact) mass is 679 g/mol. The summed E-state index contributed by atoms with van der Waals surface area (Å²) in [5.41, 5.74) is 10.8. The molecule has 1 aliphatic heterocycles. The van der Waals surface area contributed by atoms with Gasteiger partial charge in [0.2, 0.25) is 0 Å². The van der Waals surface area contributed by atoms with Crippen molar-refractivity contribution in [2.75, 3.05) is 30.3 Å². The maximum Gasteiger partial charge on any atom is 0.251 e. The molecule has 2 aliphatic rings. The highest BCUT2D eigenvalue weighted by Gasteiger charge is 2.21. The molecular formula is C40H43Cl2N5O. The zero-order valence-corrected chi connectivity index (χ0v) is 29.0. The number of unbranched alkanes of at least 4 members (excludes halogenated alkanes) is 5. The molecule has 0 bridgehead atoms. The van der Waals surface area contributed by atoms with E-state index in [0.717, 1.165) is 96.4 Å². The zero-order chi connectivity index (χ0) is 32.9. The lowest BCUT2D eigenvalue weighted by Gasteiger charge is -2.23. The summed E-state index contributed by atoms with van der Waals surface area (Å²) in [4.78, 5) is 23.1. The molecule has 0 saturated carbocycles. The van der Waals surface area contributed by atoms with Gasteiger partial charge in [-0.1, -0.05) is 61.0 Å². The van der Waals surface area contributed by atoms with E-state index in [2.05, 4.69) is 22.0 Å². The van der Waals surface area contributed by atoms with E-state index in [-0.39, 0.29) is 5.91 Å². The van der Waals surface area contributed by atoms with Gasteiger partial charge in [-0.05, 0) is 105 Å². The lowest BCUT2D eigenvalue weighted by Crippen LogP contribution is -2.24. The number of hydrogen-bond donors (Lipinski definition) is 3. The van der Waals surface area contributed by atoms with Crippen LogP contribution in [0.2, 0.25) is 10.0 Å². The van der Waals surface area contributed by atoms with Gasteiger partial charge >= 0.3 is 0 Å². The first kappa shape index (κ1) is 32.7. The molecule has 3 N–H and O–H groups in total. The fourth-order valence-corrected chi connectivity index (χ4v) is 7.58. The van der Waals surface area contributed by atoms with Crippen molar-refractivity contribution in [3.63, 3.8) is 0 Å². The number of aryl methyl sites for hydroxylation is 1. The summed E-state index contributed by atoms with van der Waals surface area (Å²) in [5, 5.41) is 14.2. The summed E-state index contributed by atoms with van der Waals surface area (Å²) in [5.74, 6) is -0.0255. The largest absolute Gasteiger partial charge is 0.384 e. The van der Waals surface area contributed by atoms with Crippen LogP contribution in [0.1, 0.15) is 85.0 Å². The average Bonchev–Trinajstić information content (AvgIpc) is 3.11. The number of halogens is 2. The van der Waals surface area contributed by atoms with Gasteiger partial charge in [-0.15, -0.1) is 0 Å². The van der Waals surface area contributed by atoms with Gasteiger partial charge in [-0.3, -0.25) is 9.78 Å². The third kappa shape index (κ3) is 7.25. The third-order valence-electron chi connectivity index (χ3n) is 9.79. The molecule has 1 amide bonds. The van der Waals surface area contributed by atoms with Gasteiger partial charge in [0.05, 0.1) is 16.7 Å². The number of amides is 1. The summed E-state index contributed by atoms with van der Waals surface area (Å²) < 4.78 is 0. The standard InChI is InChI=1S/C40H43Cl2N5O/c41-28-16-13-26(14-17-28)37-32-11-9-23-44-39(32)33-24-27(15-20-35(33)47-37)40(48)45-22-8-4-2-1-3-7-21-43-38-30-10-5-6-12-34(30)46-36-25-29(42)18-19-31(36)38/h13-20,24-25,44H,1-12,21-23H2,(H,43,46)(H,45,48). The molecular weight excluding hydrogens is 637 g/mol. The second kappa shape index (κ2) is 15.1. The number of pyridine rings is 2. The molecule has 0 spiro atoms. The smallest absolute Gasteiger partial charge is 0.251 e. The van der Waals surface area contributed by atoms with Gasteiger partial charge in [0.25, 0.3) is 5.91 Å². The number of aromatic nitrogens is 2. The molecule has 3 heterocycles. The topological polar surface area (TPSA) is 78.9 Å². The molecule has 5 aromatic rings. The molecule has 0 atom stereocenters. The minimum absolute atomic E-state index is 0.0255. The molecule has 3 aromatic carbocycles. The van der Waals surface area contributed by atoms with E-state index >= 15 is 0 Å². The van der Waals surface area contributed by atoms with Crippen LogP contribution in [0, 0.1) is 0 Å². The average molecular weight is 681 g/mol. The number of nitrogens with one attached hydrogen (secondary N) is 3. The van der Waals surface area contributed by atoms with Crippen molar-refractivity contribution in [1.29, 1.82) is 0 Å². The predicted octanol–water partition coefficient (Wildman–Crippen LogP) is 10.2. The van der Waals surface area contributed by atoms with Crippen molar-refractivity contribution in [3.8, 4) is 11.3 Å². The Morgan fingerprint density at radius 1 is 0.708 bits per heavy atom. The second-order valence-electron chi connectivity index (χ2n) is 13.2. The summed E-state index contributed by atoms with van der Waals surface area (Å²) in [6.07, 6.45) is 13.4. The van der Waals surface area contributed by atoms with E-state index in [1.54, 1.807) is 0 Å². The summed E-state index contributed by atoms with van der Waals surface area (Å²) in [6, 6.07) is 19.8. The first-order valence-electron chi connectivity index (χ1n) is 17.6. The van der Waals surface area contributed by atoms with Gasteiger partial charge < -0.3 is 16.0 Å². The van der Waals surface area contributed by atoms with Crippen LogP contribution in [0.5, 0.6) is 0 Å². The number of hydrogen-bond acceptors (Lipinski definition) is 5. The van der Waals surface area contributed by atoms with Crippen LogP contribution in [0.4, 0.5) is 11.4 Å². The molecule has 0 radical (unpaired) electrons. The summed E-state index contributed by atoms with van der Waals surface area (Å²) >= 11 is 12.4. The Morgan fingerprint density at radius 2 is 1.46 bits per heavy atom. The van der Waals surface area contributed by atoms with Gasteiger partial charge in [-0.2, -0.15) is 0 Å². The van der Waals surface area contributed by atoms with Crippen LogP contribution < -0.4 is 16.0 Å². The SMILES string of the molecule is O=C(NCCCCCCCCNc1c2c(nc3cc(Cl)ccc13)CCCC2)c1ccc2nc(-c3ccc(Cl)cc3)c3c(c2c1)NCCC3. The number of anilines is 2. The molecule has 1 aliphatic carbocycles. The van der Waals surface area contributed by atoms with Crippen LogP contribution >= 0.6 is 23.2 Å². The molecule has 248 valence electrons. The number of benzene rings is 3. The molecule has 8 heteroatoms. The Hall–Kier alpha value is -3.87. The van der Waals surface area contributed by atoms with E-state index < -0.39 is 0 Å². The second-order valence-corrected chi connectivity index (χ2v) is 14.0. The molecule has 48 heavy (non-hydrogen) atoms. The highest BCUT2D eigenvalue weighted by atomic mass is 35.5. The Bertz CT molecular complexity index is 1940. The Morgan fingerprint density at radius 3 is 2.31 bits per heavy atom. The third-order valence-corrected chi connectivity index (χ3v) is 10.3. The summed E-state index contributed by atoms with van der Waals surface area (Å²) in [6.45, 7) is 2.57. The molecule has 0 unspecified atom stereocenters. The Balaban J connectivity index is 0.868. The normalized spacial score (nSPS) is 14.0. The fourth-order valence-electron chi connectivity index (χ4n) is 7.29. The molecule has 2 aromatic heterocycles. The van der Waals surface area contributed by atoms with Crippen LogP contribution in [0.25, 0.3) is 33.1 Å². The molecule has 6 nitrogen and oxygen atoms in total. The maximum atomic E-state index is 13.1. The lowest BCUT2D eigenvalue weighted by molar-refractivity contribution is 0.0953. The van der Waals surface area contributed by atoms with Crippen LogP contribution in [0.3, 0.4) is 0 Å². The van der Waals surface area contributed by atoms with E-state index in [1.165, 1.54) is 60.0 Å². The van der Waals surface area contributed by atoms with E-state index in [9.17, 15) is 4.79 Å². The highest BCUT2D eigenvalue weighted by molar-refractivity contribution is 6.31.